The minimum atomic E-state index is -3.60. The first-order valence-electron chi connectivity index (χ1n) is 7.02. The molecular formula is C17H18N2O2S. The molecule has 5 heteroatoms. The number of sulfonamides is 1. The minimum absolute atomic E-state index is 0.176. The Morgan fingerprint density at radius 2 is 1.91 bits per heavy atom. The van der Waals surface area contributed by atoms with Gasteiger partial charge in [-0.15, -0.1) is 0 Å². The molecule has 4 nitrogen and oxygen atoms in total. The van der Waals surface area contributed by atoms with Crippen LogP contribution in [-0.2, 0) is 10.0 Å². The van der Waals surface area contributed by atoms with Crippen LogP contribution in [0.3, 0.4) is 0 Å². The molecule has 0 spiro atoms. The van der Waals surface area contributed by atoms with Gasteiger partial charge >= 0.3 is 0 Å². The van der Waals surface area contributed by atoms with Crippen molar-refractivity contribution in [2.75, 3.05) is 18.4 Å². The van der Waals surface area contributed by atoms with Crippen LogP contribution in [0.15, 0.2) is 53.9 Å². The Hall–Kier alpha value is -2.11. The summed E-state index contributed by atoms with van der Waals surface area (Å²) in [5.41, 5.74) is 3.18. The molecule has 1 aliphatic heterocycles. The summed E-state index contributed by atoms with van der Waals surface area (Å²) >= 11 is 0. The molecule has 1 aliphatic rings. The van der Waals surface area contributed by atoms with Crippen LogP contribution in [0, 0.1) is 0 Å². The Balaban J connectivity index is 2.40. The van der Waals surface area contributed by atoms with Gasteiger partial charge in [-0.3, -0.25) is 4.31 Å². The predicted octanol–water partition coefficient (Wildman–Crippen LogP) is 2.78. The lowest BCUT2D eigenvalue weighted by Crippen LogP contribution is -2.26. The molecule has 22 heavy (non-hydrogen) atoms. The summed E-state index contributed by atoms with van der Waals surface area (Å²) in [6, 6.07) is 12.8. The van der Waals surface area contributed by atoms with Gasteiger partial charge in [-0.25, -0.2) is 8.42 Å². The van der Waals surface area contributed by atoms with E-state index in [-0.39, 0.29) is 6.04 Å². The highest BCUT2D eigenvalue weighted by atomic mass is 32.2. The fourth-order valence-corrected chi connectivity index (χ4v) is 4.40. The number of para-hydroxylation sites is 1. The number of benzene rings is 2. The summed E-state index contributed by atoms with van der Waals surface area (Å²) in [5, 5.41) is 3.24. The van der Waals surface area contributed by atoms with Crippen molar-refractivity contribution >= 4 is 21.8 Å². The van der Waals surface area contributed by atoms with Crippen LogP contribution < -0.4 is 9.62 Å². The molecule has 1 heterocycles. The summed E-state index contributed by atoms with van der Waals surface area (Å²) in [5.74, 6) is 0. The van der Waals surface area contributed by atoms with Gasteiger partial charge in [-0.2, -0.15) is 0 Å². The summed E-state index contributed by atoms with van der Waals surface area (Å²) in [6.45, 7) is 3.72. The Bertz CT molecular complexity index is 843. The van der Waals surface area contributed by atoms with Gasteiger partial charge in [0.1, 0.15) is 0 Å². The lowest BCUT2D eigenvalue weighted by molar-refractivity contribution is 0.592. The Kier molecular flexibility index (Phi) is 3.54. The van der Waals surface area contributed by atoms with Crippen LogP contribution in [-0.4, -0.2) is 22.5 Å². The van der Waals surface area contributed by atoms with Crippen molar-refractivity contribution in [1.29, 1.82) is 0 Å². The number of hydrogen-bond acceptors (Lipinski definition) is 3. The van der Waals surface area contributed by atoms with E-state index in [1.54, 1.807) is 19.2 Å². The summed E-state index contributed by atoms with van der Waals surface area (Å²) < 4.78 is 27.3. The summed E-state index contributed by atoms with van der Waals surface area (Å²) in [7, 11) is -0.169. The second-order valence-corrected chi connectivity index (χ2v) is 7.19. The zero-order valence-electron chi connectivity index (χ0n) is 12.6. The van der Waals surface area contributed by atoms with E-state index in [1.807, 2.05) is 43.4 Å². The topological polar surface area (TPSA) is 49.4 Å². The monoisotopic (exact) mass is 314 g/mol. The van der Waals surface area contributed by atoms with E-state index >= 15 is 0 Å². The fraction of sp³-hybridized carbons (Fsp3) is 0.176. The molecule has 0 bridgehead atoms. The van der Waals surface area contributed by atoms with Gasteiger partial charge in [0, 0.05) is 7.05 Å². The molecule has 2 aromatic carbocycles. The summed E-state index contributed by atoms with van der Waals surface area (Å²) in [6.07, 6.45) is 1.65. The van der Waals surface area contributed by atoms with Gasteiger partial charge in [0.15, 0.2) is 0 Å². The third kappa shape index (κ3) is 2.05. The van der Waals surface area contributed by atoms with Gasteiger partial charge in [0.05, 0.1) is 16.6 Å². The summed E-state index contributed by atoms with van der Waals surface area (Å²) in [4.78, 5) is 0.322. The van der Waals surface area contributed by atoms with E-state index in [2.05, 4.69) is 11.9 Å². The number of anilines is 1. The number of hydrogen-bond donors (Lipinski definition) is 1. The standard InChI is InChI=1S/C17H18N2O2S/c1-4-12-9-10-14-16(11-12)22(20,21)19(3)15-8-6-5-7-13(15)17(14)18-2/h4-11,17-18H,1H2,2-3H3. The maximum absolute atomic E-state index is 13.0. The van der Waals surface area contributed by atoms with Crippen molar-refractivity contribution in [2.45, 2.75) is 10.9 Å². The van der Waals surface area contributed by atoms with E-state index in [0.717, 1.165) is 16.7 Å². The molecular weight excluding hydrogens is 296 g/mol. The molecule has 0 radical (unpaired) electrons. The van der Waals surface area contributed by atoms with Crippen LogP contribution in [0.5, 0.6) is 0 Å². The largest absolute Gasteiger partial charge is 0.309 e. The highest BCUT2D eigenvalue weighted by Crippen LogP contribution is 2.40. The number of nitrogens with one attached hydrogen (secondary N) is 1. The Morgan fingerprint density at radius 3 is 2.59 bits per heavy atom. The van der Waals surface area contributed by atoms with Gasteiger partial charge in [-0.1, -0.05) is 43.0 Å². The van der Waals surface area contributed by atoms with Crippen molar-refractivity contribution in [3.63, 3.8) is 0 Å². The Morgan fingerprint density at radius 1 is 1.18 bits per heavy atom. The van der Waals surface area contributed by atoms with E-state index in [9.17, 15) is 8.42 Å². The lowest BCUT2D eigenvalue weighted by atomic mass is 9.96. The average molecular weight is 314 g/mol. The first-order chi connectivity index (χ1) is 10.5. The van der Waals surface area contributed by atoms with Crippen LogP contribution in [0.2, 0.25) is 0 Å². The molecule has 0 aliphatic carbocycles. The maximum Gasteiger partial charge on any atom is 0.264 e. The van der Waals surface area contributed by atoms with Gasteiger partial charge in [0.2, 0.25) is 0 Å². The normalized spacial score (nSPS) is 19.0. The molecule has 114 valence electrons. The maximum atomic E-state index is 13.0. The van der Waals surface area contributed by atoms with Crippen molar-refractivity contribution in [1.82, 2.24) is 5.32 Å². The molecule has 0 saturated heterocycles. The van der Waals surface area contributed by atoms with E-state index in [1.165, 1.54) is 4.31 Å². The minimum Gasteiger partial charge on any atom is -0.309 e. The molecule has 0 fully saturated rings. The first kappa shape index (κ1) is 14.8. The van der Waals surface area contributed by atoms with Gasteiger partial charge in [-0.05, 0) is 35.9 Å². The van der Waals surface area contributed by atoms with Gasteiger partial charge < -0.3 is 5.32 Å². The van der Waals surface area contributed by atoms with Crippen molar-refractivity contribution in [3.8, 4) is 0 Å². The molecule has 3 rings (SSSR count). The van der Waals surface area contributed by atoms with Crippen molar-refractivity contribution < 1.29 is 8.42 Å². The second-order valence-electron chi connectivity index (χ2n) is 5.25. The van der Waals surface area contributed by atoms with Crippen LogP contribution in [0.4, 0.5) is 5.69 Å². The molecule has 1 atom stereocenters. The molecule has 0 aromatic heterocycles. The van der Waals surface area contributed by atoms with E-state index < -0.39 is 10.0 Å². The average Bonchev–Trinajstić information content (AvgIpc) is 2.61. The smallest absolute Gasteiger partial charge is 0.264 e. The van der Waals surface area contributed by atoms with Crippen LogP contribution in [0.25, 0.3) is 6.08 Å². The van der Waals surface area contributed by atoms with Gasteiger partial charge in [0.25, 0.3) is 10.0 Å². The lowest BCUT2D eigenvalue weighted by Gasteiger charge is -2.20. The quantitative estimate of drug-likeness (QED) is 0.927. The Labute approximate surface area is 131 Å². The van der Waals surface area contributed by atoms with Crippen LogP contribution >= 0.6 is 0 Å². The third-order valence-corrected chi connectivity index (χ3v) is 5.93. The molecule has 1 unspecified atom stereocenters. The molecule has 0 saturated carbocycles. The van der Waals surface area contributed by atoms with Crippen LogP contribution in [0.1, 0.15) is 22.7 Å². The number of rotatable bonds is 2. The number of nitrogens with zero attached hydrogens (tertiary/aromatic N) is 1. The third-order valence-electron chi connectivity index (χ3n) is 4.10. The van der Waals surface area contributed by atoms with E-state index in [4.69, 9.17) is 0 Å². The fourth-order valence-electron chi connectivity index (χ4n) is 2.91. The SMILES string of the molecule is C=Cc1ccc2c(c1)S(=O)(=O)N(C)c1ccccc1C2NC. The van der Waals surface area contributed by atoms with E-state index in [0.29, 0.717) is 10.6 Å². The predicted molar refractivity (Wildman–Crippen MR) is 89.5 cm³/mol. The van der Waals surface area contributed by atoms with Crippen molar-refractivity contribution in [2.24, 2.45) is 0 Å². The zero-order chi connectivity index (χ0) is 15.9. The number of fused-ring (bicyclic) bond motifs is 2. The van der Waals surface area contributed by atoms with Crippen molar-refractivity contribution in [3.05, 3.63) is 65.7 Å². The highest BCUT2D eigenvalue weighted by Gasteiger charge is 2.34. The molecule has 2 aromatic rings. The first-order valence-corrected chi connectivity index (χ1v) is 8.46. The zero-order valence-corrected chi connectivity index (χ0v) is 13.4. The molecule has 0 amide bonds. The highest BCUT2D eigenvalue weighted by molar-refractivity contribution is 7.92. The second kappa shape index (κ2) is 5.26. The molecule has 1 N–H and O–H groups in total.